The van der Waals surface area contributed by atoms with Gasteiger partial charge in [-0.3, -0.25) is 0 Å². The Kier molecular flexibility index (Phi) is 5.77. The Morgan fingerprint density at radius 1 is 1.60 bits per heavy atom. The molecule has 0 saturated heterocycles. The van der Waals surface area contributed by atoms with Gasteiger partial charge in [0.05, 0.1) is 0 Å². The van der Waals surface area contributed by atoms with Crippen LogP contribution in [0.25, 0.3) is 0 Å². The largest absolute Gasteiger partial charge is 0.342 e. The molecule has 0 heterocycles. The molecule has 0 amide bonds. The molecule has 0 aliphatic heterocycles. The summed E-state index contributed by atoms with van der Waals surface area (Å²) in [5, 5.41) is 7.82. The molecule has 10 heavy (non-hydrogen) atoms. The van der Waals surface area contributed by atoms with Crippen molar-refractivity contribution in [3.63, 3.8) is 0 Å². The number of hydrogen-bond acceptors (Lipinski definition) is 3. The van der Waals surface area contributed by atoms with Gasteiger partial charge in [-0.15, -0.1) is 6.58 Å². The maximum absolute atomic E-state index is 10.3. The van der Waals surface area contributed by atoms with Crippen LogP contribution in [0, 0.1) is 0 Å². The topological polar surface area (TPSA) is 46.5 Å². The zero-order valence-electron chi connectivity index (χ0n) is 5.88. The summed E-state index contributed by atoms with van der Waals surface area (Å²) in [5.74, 6) is -0.566. The second kappa shape index (κ2) is 6.29. The Balaban J connectivity index is 3.03. The average Bonchev–Trinajstić information content (AvgIpc) is 1.98. The third kappa shape index (κ3) is 5.31. The molecular formula is C7H12O3. The van der Waals surface area contributed by atoms with E-state index in [2.05, 4.69) is 11.5 Å². The van der Waals surface area contributed by atoms with Crippen molar-refractivity contribution in [3.05, 3.63) is 12.7 Å². The summed E-state index contributed by atoms with van der Waals surface area (Å²) < 4.78 is 0. The van der Waals surface area contributed by atoms with Gasteiger partial charge in [0.15, 0.2) is 0 Å². The lowest BCUT2D eigenvalue weighted by atomic mass is 10.2. The third-order valence-electron chi connectivity index (χ3n) is 1.14. The third-order valence-corrected chi connectivity index (χ3v) is 1.14. The van der Waals surface area contributed by atoms with Crippen LogP contribution >= 0.6 is 0 Å². The molecule has 0 rings (SSSR count). The maximum atomic E-state index is 10.3. The van der Waals surface area contributed by atoms with E-state index in [1.807, 2.05) is 0 Å². The van der Waals surface area contributed by atoms with Gasteiger partial charge in [-0.2, -0.15) is 5.26 Å². The standard InChI is InChI=1S/C7H12O3/c1-2-3-4-5-6-7(8)10-9/h2,9H,1,3-6H2. The lowest BCUT2D eigenvalue weighted by molar-refractivity contribution is -0.234. The molecular weight excluding hydrogens is 132 g/mol. The fourth-order valence-corrected chi connectivity index (χ4v) is 0.604. The van der Waals surface area contributed by atoms with E-state index in [0.29, 0.717) is 0 Å². The summed E-state index contributed by atoms with van der Waals surface area (Å²) in [5.41, 5.74) is 0. The fourth-order valence-electron chi connectivity index (χ4n) is 0.604. The van der Waals surface area contributed by atoms with Crippen LogP contribution in [0.4, 0.5) is 0 Å². The van der Waals surface area contributed by atoms with Crippen molar-refractivity contribution in [2.75, 3.05) is 0 Å². The van der Waals surface area contributed by atoms with Crippen molar-refractivity contribution in [2.45, 2.75) is 25.7 Å². The highest BCUT2D eigenvalue weighted by Gasteiger charge is 1.99. The molecule has 1 N–H and O–H groups in total. The highest BCUT2D eigenvalue weighted by atomic mass is 17.1. The predicted octanol–water partition coefficient (Wildman–Crippen LogP) is 1.75. The minimum atomic E-state index is -0.566. The molecule has 0 aliphatic carbocycles. The SMILES string of the molecule is C=CCCCCC(=O)OO. The number of unbranched alkanes of at least 4 members (excludes halogenated alkanes) is 2. The summed E-state index contributed by atoms with van der Waals surface area (Å²) >= 11 is 0. The normalized spacial score (nSPS) is 8.90. The van der Waals surface area contributed by atoms with Crippen LogP contribution in [0.15, 0.2) is 12.7 Å². The average molecular weight is 144 g/mol. The highest BCUT2D eigenvalue weighted by molar-refractivity contribution is 5.68. The monoisotopic (exact) mass is 144 g/mol. The van der Waals surface area contributed by atoms with Gasteiger partial charge in [-0.25, -0.2) is 4.79 Å². The molecule has 0 radical (unpaired) electrons. The summed E-state index contributed by atoms with van der Waals surface area (Å²) in [7, 11) is 0. The van der Waals surface area contributed by atoms with Crippen molar-refractivity contribution in [1.29, 1.82) is 0 Å². The van der Waals surface area contributed by atoms with E-state index >= 15 is 0 Å². The summed E-state index contributed by atoms with van der Waals surface area (Å²) in [4.78, 5) is 13.7. The molecule has 0 fully saturated rings. The number of rotatable bonds is 5. The first-order valence-corrected chi connectivity index (χ1v) is 3.26. The number of hydrogen-bond donors (Lipinski definition) is 1. The lowest BCUT2D eigenvalue weighted by Gasteiger charge is -1.93. The first kappa shape index (κ1) is 9.17. The minimum Gasteiger partial charge on any atom is -0.301 e. The Bertz CT molecular complexity index is 109. The highest BCUT2D eigenvalue weighted by Crippen LogP contribution is 2.00. The predicted molar refractivity (Wildman–Crippen MR) is 37.4 cm³/mol. The molecule has 58 valence electrons. The molecule has 0 aromatic carbocycles. The van der Waals surface area contributed by atoms with Crippen LogP contribution in [0.5, 0.6) is 0 Å². The van der Waals surface area contributed by atoms with Crippen LogP contribution in [0.1, 0.15) is 25.7 Å². The molecule has 3 heteroatoms. The van der Waals surface area contributed by atoms with Gasteiger partial charge in [-0.1, -0.05) is 6.08 Å². The second-order valence-corrected chi connectivity index (χ2v) is 2.00. The van der Waals surface area contributed by atoms with Gasteiger partial charge in [0, 0.05) is 6.42 Å². The van der Waals surface area contributed by atoms with E-state index in [1.54, 1.807) is 6.08 Å². The van der Waals surface area contributed by atoms with Crippen molar-refractivity contribution in [1.82, 2.24) is 0 Å². The maximum Gasteiger partial charge on any atom is 0.342 e. The van der Waals surface area contributed by atoms with Gasteiger partial charge in [-0.05, 0) is 19.3 Å². The molecule has 0 saturated carbocycles. The Morgan fingerprint density at radius 2 is 2.30 bits per heavy atom. The minimum absolute atomic E-state index is 0.282. The van der Waals surface area contributed by atoms with Crippen molar-refractivity contribution >= 4 is 5.97 Å². The Hall–Kier alpha value is -0.830. The quantitative estimate of drug-likeness (QED) is 0.277. The smallest absolute Gasteiger partial charge is 0.301 e. The van der Waals surface area contributed by atoms with E-state index in [9.17, 15) is 4.79 Å². The summed E-state index contributed by atoms with van der Waals surface area (Å²) in [6.07, 6.45) is 4.64. The van der Waals surface area contributed by atoms with Gasteiger partial charge >= 0.3 is 5.97 Å². The van der Waals surface area contributed by atoms with Crippen molar-refractivity contribution < 1.29 is 14.9 Å². The van der Waals surface area contributed by atoms with Crippen LogP contribution in [-0.2, 0) is 9.68 Å². The zero-order chi connectivity index (χ0) is 7.82. The van der Waals surface area contributed by atoms with E-state index in [-0.39, 0.29) is 6.42 Å². The molecule has 0 unspecified atom stereocenters. The molecule has 0 aliphatic rings. The second-order valence-electron chi connectivity index (χ2n) is 2.00. The Morgan fingerprint density at radius 3 is 2.80 bits per heavy atom. The van der Waals surface area contributed by atoms with E-state index in [1.165, 1.54) is 0 Å². The van der Waals surface area contributed by atoms with Gasteiger partial charge in [0.1, 0.15) is 0 Å². The molecule has 0 bridgehead atoms. The number of carbonyl (C=O) groups is 1. The molecule has 0 atom stereocenters. The number of carbonyl (C=O) groups excluding carboxylic acids is 1. The first-order chi connectivity index (χ1) is 4.81. The van der Waals surface area contributed by atoms with Crippen LogP contribution < -0.4 is 0 Å². The van der Waals surface area contributed by atoms with Gasteiger partial charge in [0.2, 0.25) is 0 Å². The molecule has 0 aromatic heterocycles. The van der Waals surface area contributed by atoms with E-state index in [0.717, 1.165) is 19.3 Å². The van der Waals surface area contributed by atoms with Gasteiger partial charge in [0.25, 0.3) is 0 Å². The van der Waals surface area contributed by atoms with Crippen LogP contribution in [-0.4, -0.2) is 11.2 Å². The van der Waals surface area contributed by atoms with Crippen LogP contribution in [0.2, 0.25) is 0 Å². The first-order valence-electron chi connectivity index (χ1n) is 3.26. The molecule has 0 spiro atoms. The lowest BCUT2D eigenvalue weighted by Crippen LogP contribution is -1.99. The van der Waals surface area contributed by atoms with Gasteiger partial charge < -0.3 is 4.89 Å². The fraction of sp³-hybridized carbons (Fsp3) is 0.571. The van der Waals surface area contributed by atoms with Crippen molar-refractivity contribution in [2.24, 2.45) is 0 Å². The van der Waals surface area contributed by atoms with E-state index < -0.39 is 5.97 Å². The summed E-state index contributed by atoms with van der Waals surface area (Å²) in [6.45, 7) is 3.53. The molecule has 0 aromatic rings. The van der Waals surface area contributed by atoms with Crippen LogP contribution in [0.3, 0.4) is 0 Å². The van der Waals surface area contributed by atoms with E-state index in [4.69, 9.17) is 5.26 Å². The summed E-state index contributed by atoms with van der Waals surface area (Å²) in [6, 6.07) is 0. The number of allylic oxidation sites excluding steroid dienone is 1. The van der Waals surface area contributed by atoms with Crippen molar-refractivity contribution in [3.8, 4) is 0 Å². The molecule has 3 nitrogen and oxygen atoms in total. The Labute approximate surface area is 60.2 Å². The zero-order valence-corrected chi connectivity index (χ0v) is 5.88.